The van der Waals surface area contributed by atoms with E-state index >= 15 is 0 Å². The first-order valence-electron chi connectivity index (χ1n) is 5.24. The number of hydrogen-bond acceptors (Lipinski definition) is 5. The van der Waals surface area contributed by atoms with Gasteiger partial charge in [0, 0.05) is 24.3 Å². The third-order valence-corrected chi connectivity index (χ3v) is 3.16. The standard InChI is InChI=1S/C12H10N4S/c1-2-11-7-13-4-3-10(11)5-9(1)6-14-12-16-15-8-17-12/h1-5,7-8H,6H2,(H,14,16). The maximum atomic E-state index is 4.10. The Labute approximate surface area is 102 Å². The number of anilines is 1. The summed E-state index contributed by atoms with van der Waals surface area (Å²) in [4.78, 5) is 4.10. The molecule has 0 saturated carbocycles. The number of hydrogen-bond donors (Lipinski definition) is 1. The molecular weight excluding hydrogens is 232 g/mol. The van der Waals surface area contributed by atoms with E-state index in [4.69, 9.17) is 0 Å². The van der Waals surface area contributed by atoms with Gasteiger partial charge in [0.05, 0.1) is 0 Å². The molecule has 1 N–H and O–H groups in total. The molecule has 0 spiro atoms. The highest BCUT2D eigenvalue weighted by molar-refractivity contribution is 7.13. The fourth-order valence-corrected chi connectivity index (χ4v) is 2.11. The average Bonchev–Trinajstić information content (AvgIpc) is 2.89. The van der Waals surface area contributed by atoms with Crippen LogP contribution in [0.1, 0.15) is 5.56 Å². The Morgan fingerprint density at radius 3 is 3.06 bits per heavy atom. The fraction of sp³-hybridized carbons (Fsp3) is 0.0833. The van der Waals surface area contributed by atoms with Crippen LogP contribution in [0.25, 0.3) is 10.8 Å². The van der Waals surface area contributed by atoms with Gasteiger partial charge in [-0.1, -0.05) is 23.5 Å². The van der Waals surface area contributed by atoms with E-state index in [2.05, 4.69) is 38.7 Å². The molecule has 0 amide bonds. The molecule has 84 valence electrons. The number of nitrogens with one attached hydrogen (secondary N) is 1. The van der Waals surface area contributed by atoms with Gasteiger partial charge >= 0.3 is 0 Å². The highest BCUT2D eigenvalue weighted by Crippen LogP contribution is 2.16. The molecule has 1 aromatic carbocycles. The van der Waals surface area contributed by atoms with Crippen LogP contribution in [-0.4, -0.2) is 15.2 Å². The quantitative estimate of drug-likeness (QED) is 0.767. The third-order valence-electron chi connectivity index (χ3n) is 2.51. The predicted octanol–water partition coefficient (Wildman–Crippen LogP) is 2.70. The minimum atomic E-state index is 0.757. The second kappa shape index (κ2) is 4.47. The summed E-state index contributed by atoms with van der Waals surface area (Å²) in [6, 6.07) is 8.35. The molecule has 0 atom stereocenters. The molecule has 0 unspecified atom stereocenters. The first-order valence-corrected chi connectivity index (χ1v) is 6.12. The highest BCUT2D eigenvalue weighted by Gasteiger charge is 1.98. The smallest absolute Gasteiger partial charge is 0.205 e. The average molecular weight is 242 g/mol. The molecule has 2 heterocycles. The van der Waals surface area contributed by atoms with Crippen LogP contribution >= 0.6 is 11.3 Å². The van der Waals surface area contributed by atoms with Gasteiger partial charge in [-0.3, -0.25) is 4.98 Å². The number of nitrogens with zero attached hydrogens (tertiary/aromatic N) is 3. The molecule has 3 rings (SSSR count). The largest absolute Gasteiger partial charge is 0.356 e. The van der Waals surface area contributed by atoms with E-state index in [0.29, 0.717) is 0 Å². The van der Waals surface area contributed by atoms with Gasteiger partial charge in [0.1, 0.15) is 5.51 Å². The van der Waals surface area contributed by atoms with Gasteiger partial charge < -0.3 is 5.32 Å². The van der Waals surface area contributed by atoms with Crippen LogP contribution in [0.5, 0.6) is 0 Å². The Hall–Kier alpha value is -2.01. The van der Waals surface area contributed by atoms with Crippen molar-refractivity contribution < 1.29 is 0 Å². The van der Waals surface area contributed by atoms with Gasteiger partial charge in [0.25, 0.3) is 0 Å². The molecule has 0 saturated heterocycles. The number of benzene rings is 1. The zero-order valence-electron chi connectivity index (χ0n) is 9.00. The van der Waals surface area contributed by atoms with Crippen molar-refractivity contribution in [1.29, 1.82) is 0 Å². The van der Waals surface area contributed by atoms with Crippen LogP contribution in [0.3, 0.4) is 0 Å². The van der Waals surface area contributed by atoms with E-state index in [1.807, 2.05) is 18.5 Å². The monoisotopic (exact) mass is 242 g/mol. The summed E-state index contributed by atoms with van der Waals surface area (Å²) < 4.78 is 0. The molecule has 0 radical (unpaired) electrons. The van der Waals surface area contributed by atoms with Crippen LogP contribution < -0.4 is 5.32 Å². The van der Waals surface area contributed by atoms with Crippen LogP contribution in [0.4, 0.5) is 5.13 Å². The molecule has 17 heavy (non-hydrogen) atoms. The van der Waals surface area contributed by atoms with E-state index in [1.165, 1.54) is 22.3 Å². The lowest BCUT2D eigenvalue weighted by atomic mass is 10.1. The van der Waals surface area contributed by atoms with Crippen molar-refractivity contribution in [1.82, 2.24) is 15.2 Å². The number of rotatable bonds is 3. The van der Waals surface area contributed by atoms with Gasteiger partial charge in [0.15, 0.2) is 0 Å². The predicted molar refractivity (Wildman–Crippen MR) is 69.0 cm³/mol. The Bertz CT molecular complexity index is 621. The Morgan fingerprint density at radius 2 is 2.18 bits per heavy atom. The molecule has 0 fully saturated rings. The van der Waals surface area contributed by atoms with Gasteiger partial charge in [-0.05, 0) is 23.1 Å². The van der Waals surface area contributed by atoms with Gasteiger partial charge in [0.2, 0.25) is 5.13 Å². The Balaban J connectivity index is 1.81. The second-order valence-electron chi connectivity index (χ2n) is 3.65. The maximum absolute atomic E-state index is 4.10. The van der Waals surface area contributed by atoms with Crippen molar-refractivity contribution in [3.63, 3.8) is 0 Å². The van der Waals surface area contributed by atoms with E-state index in [-0.39, 0.29) is 0 Å². The van der Waals surface area contributed by atoms with Crippen molar-refractivity contribution in [2.45, 2.75) is 6.54 Å². The summed E-state index contributed by atoms with van der Waals surface area (Å²) in [5.74, 6) is 0. The molecule has 0 bridgehead atoms. The number of pyridine rings is 1. The Kier molecular flexibility index (Phi) is 2.67. The molecule has 0 aliphatic carbocycles. The lowest BCUT2D eigenvalue weighted by Gasteiger charge is -2.04. The second-order valence-corrected chi connectivity index (χ2v) is 4.49. The van der Waals surface area contributed by atoms with E-state index in [1.54, 1.807) is 5.51 Å². The summed E-state index contributed by atoms with van der Waals surface area (Å²) in [5, 5.41) is 14.2. The molecule has 5 heteroatoms. The number of aromatic nitrogens is 3. The van der Waals surface area contributed by atoms with Gasteiger partial charge in [-0.15, -0.1) is 10.2 Å². The van der Waals surface area contributed by atoms with Crippen LogP contribution in [-0.2, 0) is 6.54 Å². The summed E-state index contributed by atoms with van der Waals surface area (Å²) in [6.07, 6.45) is 3.68. The lowest BCUT2D eigenvalue weighted by molar-refractivity contribution is 1.05. The minimum absolute atomic E-state index is 0.757. The van der Waals surface area contributed by atoms with Crippen molar-refractivity contribution in [3.05, 3.63) is 47.7 Å². The highest BCUT2D eigenvalue weighted by atomic mass is 32.1. The topological polar surface area (TPSA) is 50.7 Å². The van der Waals surface area contributed by atoms with Crippen LogP contribution in [0.15, 0.2) is 42.2 Å². The third kappa shape index (κ3) is 2.24. The van der Waals surface area contributed by atoms with E-state index in [0.717, 1.165) is 17.1 Å². The maximum Gasteiger partial charge on any atom is 0.205 e. The zero-order chi connectivity index (χ0) is 11.5. The summed E-state index contributed by atoms with van der Waals surface area (Å²) in [6.45, 7) is 0.757. The minimum Gasteiger partial charge on any atom is -0.356 e. The van der Waals surface area contributed by atoms with Crippen molar-refractivity contribution in [2.24, 2.45) is 0 Å². The molecule has 0 aliphatic rings. The van der Waals surface area contributed by atoms with Gasteiger partial charge in [-0.25, -0.2) is 0 Å². The van der Waals surface area contributed by atoms with Crippen molar-refractivity contribution in [2.75, 3.05) is 5.32 Å². The van der Waals surface area contributed by atoms with E-state index < -0.39 is 0 Å². The summed E-state index contributed by atoms with van der Waals surface area (Å²) in [7, 11) is 0. The van der Waals surface area contributed by atoms with Crippen LogP contribution in [0.2, 0.25) is 0 Å². The first kappa shape index (κ1) is 10.2. The lowest BCUT2D eigenvalue weighted by Crippen LogP contribution is -1.98. The first-order chi connectivity index (χ1) is 8.42. The summed E-state index contributed by atoms with van der Waals surface area (Å²) in [5.41, 5.74) is 2.94. The molecule has 4 nitrogen and oxygen atoms in total. The SMILES string of the molecule is c1cc2cc(CNc3nncs3)ccc2cn1. The number of fused-ring (bicyclic) bond motifs is 1. The van der Waals surface area contributed by atoms with E-state index in [9.17, 15) is 0 Å². The fourth-order valence-electron chi connectivity index (χ4n) is 1.67. The van der Waals surface area contributed by atoms with Gasteiger partial charge in [-0.2, -0.15) is 0 Å². The van der Waals surface area contributed by atoms with Crippen LogP contribution in [0, 0.1) is 0 Å². The molecule has 2 aromatic heterocycles. The molecular formula is C12H10N4S. The molecule has 3 aromatic rings. The normalized spacial score (nSPS) is 10.6. The van der Waals surface area contributed by atoms with Crippen molar-refractivity contribution >= 4 is 27.2 Å². The zero-order valence-corrected chi connectivity index (χ0v) is 9.81. The molecule has 0 aliphatic heterocycles. The summed E-state index contributed by atoms with van der Waals surface area (Å²) >= 11 is 1.50. The Morgan fingerprint density at radius 1 is 1.18 bits per heavy atom. The van der Waals surface area contributed by atoms with Crippen molar-refractivity contribution in [3.8, 4) is 0 Å².